The molecule has 1 N–H and O–H groups in total. The van der Waals surface area contributed by atoms with Crippen LogP contribution in [0.4, 0.5) is 0 Å². The van der Waals surface area contributed by atoms with Gasteiger partial charge in [-0.25, -0.2) is 4.79 Å². The second-order valence-corrected chi connectivity index (χ2v) is 5.65. The molecule has 0 spiro atoms. The molecular weight excluding hydrogens is 304 g/mol. The number of fused-ring (bicyclic) bond motifs is 1. The molecule has 0 saturated carbocycles. The van der Waals surface area contributed by atoms with Crippen molar-refractivity contribution in [1.82, 2.24) is 0 Å². The highest BCUT2D eigenvalue weighted by atomic mass is 16.5. The molecule has 1 heterocycles. The molecule has 2 aromatic rings. The second-order valence-electron chi connectivity index (χ2n) is 5.65. The Morgan fingerprint density at radius 2 is 2.04 bits per heavy atom. The molecule has 0 radical (unpaired) electrons. The van der Waals surface area contributed by atoms with E-state index in [0.29, 0.717) is 41.4 Å². The van der Waals surface area contributed by atoms with Crippen LogP contribution in [-0.4, -0.2) is 5.11 Å². The van der Waals surface area contributed by atoms with Crippen LogP contribution >= 0.6 is 0 Å². The van der Waals surface area contributed by atoms with Crippen molar-refractivity contribution in [2.24, 2.45) is 0 Å². The lowest BCUT2D eigenvalue weighted by Gasteiger charge is -2.12. The zero-order valence-corrected chi connectivity index (χ0v) is 13.2. The van der Waals surface area contributed by atoms with E-state index >= 15 is 0 Å². The summed E-state index contributed by atoms with van der Waals surface area (Å²) in [5.74, 6) is 0.572. The number of ether oxygens (including phenoxy) is 1. The molecule has 0 amide bonds. The predicted octanol–water partition coefficient (Wildman–Crippen LogP) is 2.41. The van der Waals surface area contributed by atoms with Crippen molar-refractivity contribution < 1.29 is 14.3 Å². The third-order valence-electron chi connectivity index (χ3n) is 3.91. The Hall–Kier alpha value is -3.01. The average molecular weight is 322 g/mol. The quantitative estimate of drug-likeness (QED) is 0.878. The van der Waals surface area contributed by atoms with Crippen molar-refractivity contribution in [3.05, 3.63) is 86.2 Å². The topological polar surface area (TPSA) is 59.7 Å². The van der Waals surface area contributed by atoms with Gasteiger partial charge < -0.3 is 14.3 Å². The van der Waals surface area contributed by atoms with Gasteiger partial charge in [0.15, 0.2) is 0 Å². The minimum Gasteiger partial charge on any atom is -0.512 e. The lowest BCUT2D eigenvalue weighted by molar-refractivity contribution is 0.217. The number of rotatable bonds is 4. The van der Waals surface area contributed by atoms with E-state index in [1.807, 2.05) is 30.3 Å². The Morgan fingerprint density at radius 3 is 2.79 bits per heavy atom. The highest BCUT2D eigenvalue weighted by Gasteiger charge is 2.15. The standard InChI is InChI=1S/C20H18O4/c1-13(23-12-15-6-4-3-5-7-15)10-19-14(2)17-9-8-16(21)11-18(17)20(22)24-19/h3-7,10-11,21H,1-2,8-9,12H2/b19-10+. The molecule has 0 atom stereocenters. The molecule has 0 saturated heterocycles. The monoisotopic (exact) mass is 322 g/mol. The summed E-state index contributed by atoms with van der Waals surface area (Å²) in [6.07, 6.45) is 4.07. The zero-order valence-electron chi connectivity index (χ0n) is 13.2. The summed E-state index contributed by atoms with van der Waals surface area (Å²) >= 11 is 0. The van der Waals surface area contributed by atoms with Crippen molar-refractivity contribution in [3.8, 4) is 0 Å². The molecule has 4 heteroatoms. The molecule has 0 fully saturated rings. The Morgan fingerprint density at radius 1 is 1.29 bits per heavy atom. The first-order chi connectivity index (χ1) is 11.5. The van der Waals surface area contributed by atoms with Crippen LogP contribution in [0.25, 0.3) is 18.7 Å². The van der Waals surface area contributed by atoms with Crippen LogP contribution in [0.5, 0.6) is 0 Å². The van der Waals surface area contributed by atoms with E-state index in [-0.39, 0.29) is 5.76 Å². The van der Waals surface area contributed by atoms with E-state index in [2.05, 4.69) is 13.2 Å². The molecule has 122 valence electrons. The molecular formula is C20H18O4. The van der Waals surface area contributed by atoms with Gasteiger partial charge in [-0.15, -0.1) is 0 Å². The molecule has 1 aliphatic rings. The molecule has 1 aliphatic carbocycles. The molecule has 1 aromatic heterocycles. The maximum absolute atomic E-state index is 12.1. The summed E-state index contributed by atoms with van der Waals surface area (Å²) in [5, 5.41) is 10.2. The average Bonchev–Trinajstić information content (AvgIpc) is 2.58. The van der Waals surface area contributed by atoms with E-state index in [1.165, 1.54) is 6.08 Å². The van der Waals surface area contributed by atoms with Crippen LogP contribution in [-0.2, 0) is 17.8 Å². The van der Waals surface area contributed by atoms with Gasteiger partial charge >= 0.3 is 5.63 Å². The highest BCUT2D eigenvalue weighted by Crippen LogP contribution is 2.16. The van der Waals surface area contributed by atoms with E-state index in [1.54, 1.807) is 6.08 Å². The van der Waals surface area contributed by atoms with Gasteiger partial charge in [-0.1, -0.05) is 43.5 Å². The molecule has 1 aromatic carbocycles. The van der Waals surface area contributed by atoms with E-state index in [9.17, 15) is 9.90 Å². The summed E-state index contributed by atoms with van der Waals surface area (Å²) in [4.78, 5) is 12.1. The number of benzene rings is 1. The third-order valence-corrected chi connectivity index (χ3v) is 3.91. The number of aliphatic hydroxyl groups excluding tert-OH is 1. The van der Waals surface area contributed by atoms with Gasteiger partial charge in [0.2, 0.25) is 0 Å². The van der Waals surface area contributed by atoms with Crippen molar-refractivity contribution >= 4 is 18.7 Å². The van der Waals surface area contributed by atoms with Gasteiger partial charge in [0.25, 0.3) is 0 Å². The first kappa shape index (κ1) is 15.9. The molecule has 3 rings (SSSR count). The molecule has 0 aliphatic heterocycles. The van der Waals surface area contributed by atoms with Crippen LogP contribution in [0.3, 0.4) is 0 Å². The van der Waals surface area contributed by atoms with Crippen molar-refractivity contribution in [3.63, 3.8) is 0 Å². The third kappa shape index (κ3) is 3.33. The van der Waals surface area contributed by atoms with Crippen molar-refractivity contribution in [2.45, 2.75) is 19.4 Å². The predicted molar refractivity (Wildman–Crippen MR) is 93.5 cm³/mol. The SMILES string of the molecule is C=C(/C=c1/oc(=O)c2c(c1=C)CCC(O)=C2)OCc1ccccc1. The van der Waals surface area contributed by atoms with Crippen LogP contribution < -0.4 is 16.3 Å². The fraction of sp³-hybridized carbons (Fsp3) is 0.150. The Kier molecular flexibility index (Phi) is 4.38. The van der Waals surface area contributed by atoms with Crippen LogP contribution in [0.2, 0.25) is 0 Å². The van der Waals surface area contributed by atoms with E-state index < -0.39 is 5.63 Å². The van der Waals surface area contributed by atoms with Crippen LogP contribution in [0.15, 0.2) is 57.6 Å². The van der Waals surface area contributed by atoms with Crippen LogP contribution in [0.1, 0.15) is 23.1 Å². The molecule has 4 nitrogen and oxygen atoms in total. The van der Waals surface area contributed by atoms with E-state index in [0.717, 1.165) is 11.1 Å². The van der Waals surface area contributed by atoms with Crippen LogP contribution in [0, 0.1) is 0 Å². The molecule has 0 unspecified atom stereocenters. The summed E-state index contributed by atoms with van der Waals surface area (Å²) < 4.78 is 10.9. The lowest BCUT2D eigenvalue weighted by Crippen LogP contribution is -2.35. The van der Waals surface area contributed by atoms with Crippen molar-refractivity contribution in [2.75, 3.05) is 0 Å². The summed E-state index contributed by atoms with van der Waals surface area (Å²) in [6.45, 7) is 8.22. The van der Waals surface area contributed by atoms with Gasteiger partial charge in [0.1, 0.15) is 17.8 Å². The van der Waals surface area contributed by atoms with Gasteiger partial charge in [0.05, 0.1) is 11.3 Å². The van der Waals surface area contributed by atoms with Crippen molar-refractivity contribution in [1.29, 1.82) is 0 Å². The van der Waals surface area contributed by atoms with Gasteiger partial charge in [0, 0.05) is 17.7 Å². The van der Waals surface area contributed by atoms with Gasteiger partial charge in [-0.3, -0.25) is 0 Å². The normalized spacial score (nSPS) is 14.0. The maximum atomic E-state index is 12.1. The summed E-state index contributed by atoms with van der Waals surface area (Å²) in [7, 11) is 0. The molecule has 0 bridgehead atoms. The Labute approximate surface area is 139 Å². The number of hydrogen-bond acceptors (Lipinski definition) is 4. The fourth-order valence-corrected chi connectivity index (χ4v) is 2.63. The Balaban J connectivity index is 1.88. The minimum absolute atomic E-state index is 0.182. The van der Waals surface area contributed by atoms with E-state index in [4.69, 9.17) is 9.15 Å². The second kappa shape index (κ2) is 6.62. The Bertz CT molecular complexity index is 965. The smallest absolute Gasteiger partial charge is 0.343 e. The zero-order chi connectivity index (χ0) is 17.1. The maximum Gasteiger partial charge on any atom is 0.343 e. The summed E-state index contributed by atoms with van der Waals surface area (Å²) in [6, 6.07) is 9.72. The first-order valence-corrected chi connectivity index (χ1v) is 7.66. The van der Waals surface area contributed by atoms with Gasteiger partial charge in [-0.2, -0.15) is 0 Å². The van der Waals surface area contributed by atoms with Gasteiger partial charge in [-0.05, 0) is 23.6 Å². The highest BCUT2D eigenvalue weighted by molar-refractivity contribution is 5.57. The fourth-order valence-electron chi connectivity index (χ4n) is 2.63. The largest absolute Gasteiger partial charge is 0.512 e. The number of aliphatic hydroxyl groups is 1. The summed E-state index contributed by atoms with van der Waals surface area (Å²) in [5.41, 5.74) is 2.04. The number of hydrogen-bond donors (Lipinski definition) is 1. The minimum atomic E-state index is -0.495. The first-order valence-electron chi connectivity index (χ1n) is 7.66. The number of allylic oxidation sites excluding steroid dienone is 2. The molecule has 24 heavy (non-hydrogen) atoms. The lowest BCUT2D eigenvalue weighted by atomic mass is 9.97.